The molecule has 1 aromatic rings. The summed E-state index contributed by atoms with van der Waals surface area (Å²) < 4.78 is 8.20. The van der Waals surface area contributed by atoms with Crippen LogP contribution in [0.2, 0.25) is 0 Å². The fourth-order valence-electron chi connectivity index (χ4n) is 3.62. The Hall–Kier alpha value is -1.63. The van der Waals surface area contributed by atoms with Crippen molar-refractivity contribution in [3.63, 3.8) is 0 Å². The summed E-state index contributed by atoms with van der Waals surface area (Å²) in [6.45, 7) is 3.66. The number of likely N-dealkylation sites (tertiary alicyclic amines) is 1. The first-order valence-electron chi connectivity index (χ1n) is 8.58. The Morgan fingerprint density at radius 3 is 2.36 bits per heavy atom. The van der Waals surface area contributed by atoms with Crippen molar-refractivity contribution in [2.45, 2.75) is 58.1 Å². The molecule has 25 heavy (non-hydrogen) atoms. The number of amides is 2. The molecule has 1 aliphatic carbocycles. The van der Waals surface area contributed by atoms with Gasteiger partial charge < -0.3 is 9.30 Å². The quantitative estimate of drug-likeness (QED) is 0.718. The highest BCUT2D eigenvalue weighted by Crippen LogP contribution is 2.37. The molecular weight excluding hydrogens is 388 g/mol. The number of imide groups is 1. The molecule has 1 aliphatic heterocycles. The number of nitrogens with zero attached hydrogens (tertiary/aromatic N) is 2. The van der Waals surface area contributed by atoms with Gasteiger partial charge >= 0.3 is 0 Å². The SMILES string of the molecule is Cn1cc(Br)c(OC2CCC(N3C(=O)CC(C)(C)C3=O)CC2)cc1=O. The monoisotopic (exact) mass is 410 g/mol. The van der Waals surface area contributed by atoms with Crippen LogP contribution in [0.3, 0.4) is 0 Å². The molecule has 2 amide bonds. The minimum atomic E-state index is -0.584. The number of halogens is 1. The third-order valence-electron chi connectivity index (χ3n) is 5.11. The molecule has 0 unspecified atom stereocenters. The van der Waals surface area contributed by atoms with Crippen molar-refractivity contribution >= 4 is 27.7 Å². The fourth-order valence-corrected chi connectivity index (χ4v) is 4.13. The van der Waals surface area contributed by atoms with Gasteiger partial charge in [0.1, 0.15) is 5.75 Å². The molecule has 2 aliphatic rings. The molecule has 2 fully saturated rings. The molecule has 0 spiro atoms. The van der Waals surface area contributed by atoms with Crippen LogP contribution in [0, 0.1) is 5.41 Å². The van der Waals surface area contributed by atoms with E-state index in [4.69, 9.17) is 4.74 Å². The number of carbonyl (C=O) groups excluding carboxylic acids is 2. The second kappa shape index (κ2) is 6.59. The molecular formula is C18H23BrN2O4. The molecule has 136 valence electrons. The van der Waals surface area contributed by atoms with Crippen molar-refractivity contribution in [1.82, 2.24) is 9.47 Å². The highest BCUT2D eigenvalue weighted by atomic mass is 79.9. The van der Waals surface area contributed by atoms with Crippen molar-refractivity contribution in [3.8, 4) is 5.75 Å². The number of rotatable bonds is 3. The third-order valence-corrected chi connectivity index (χ3v) is 5.70. The van der Waals surface area contributed by atoms with Crippen LogP contribution in [0.25, 0.3) is 0 Å². The lowest BCUT2D eigenvalue weighted by molar-refractivity contribution is -0.144. The first-order chi connectivity index (χ1) is 11.7. The topological polar surface area (TPSA) is 68.6 Å². The van der Waals surface area contributed by atoms with Crippen molar-refractivity contribution in [2.75, 3.05) is 0 Å². The van der Waals surface area contributed by atoms with Crippen LogP contribution in [-0.2, 0) is 16.6 Å². The highest BCUT2D eigenvalue weighted by molar-refractivity contribution is 9.10. The first kappa shape index (κ1) is 18.2. The van der Waals surface area contributed by atoms with Gasteiger partial charge in [0.2, 0.25) is 11.8 Å². The van der Waals surface area contributed by atoms with Gasteiger partial charge in [-0.25, -0.2) is 0 Å². The van der Waals surface area contributed by atoms with E-state index in [1.54, 1.807) is 13.2 Å². The molecule has 7 heteroatoms. The van der Waals surface area contributed by atoms with Crippen LogP contribution in [0.5, 0.6) is 5.75 Å². The molecule has 0 N–H and O–H groups in total. The smallest absolute Gasteiger partial charge is 0.254 e. The average molecular weight is 411 g/mol. The van der Waals surface area contributed by atoms with Crippen LogP contribution < -0.4 is 10.3 Å². The van der Waals surface area contributed by atoms with E-state index in [2.05, 4.69) is 15.9 Å². The van der Waals surface area contributed by atoms with Gasteiger partial charge in [-0.15, -0.1) is 0 Å². The van der Waals surface area contributed by atoms with Gasteiger partial charge in [-0.1, -0.05) is 13.8 Å². The number of aryl methyl sites for hydroxylation is 1. The second-order valence-electron chi connectivity index (χ2n) is 7.61. The lowest BCUT2D eigenvalue weighted by Crippen LogP contribution is -2.44. The summed E-state index contributed by atoms with van der Waals surface area (Å²) in [5, 5.41) is 0. The molecule has 6 nitrogen and oxygen atoms in total. The molecule has 3 rings (SSSR count). The van der Waals surface area contributed by atoms with Crippen LogP contribution in [0.15, 0.2) is 21.5 Å². The van der Waals surface area contributed by atoms with Crippen molar-refractivity contribution in [3.05, 3.63) is 27.1 Å². The predicted octanol–water partition coefficient (Wildman–Crippen LogP) is 2.62. The van der Waals surface area contributed by atoms with Crippen molar-refractivity contribution in [1.29, 1.82) is 0 Å². The Labute approximate surface area is 155 Å². The Bertz CT molecular complexity index is 763. The summed E-state index contributed by atoms with van der Waals surface area (Å²) in [4.78, 5) is 37.9. The molecule has 2 heterocycles. The molecule has 1 saturated heterocycles. The Morgan fingerprint density at radius 2 is 1.80 bits per heavy atom. The van der Waals surface area contributed by atoms with E-state index in [0.29, 0.717) is 12.2 Å². The van der Waals surface area contributed by atoms with Gasteiger partial charge in [-0.2, -0.15) is 0 Å². The number of aromatic nitrogens is 1. The molecule has 0 radical (unpaired) electrons. The maximum Gasteiger partial charge on any atom is 0.254 e. The summed E-state index contributed by atoms with van der Waals surface area (Å²) in [6.07, 6.45) is 4.95. The number of pyridine rings is 1. The maximum atomic E-state index is 12.5. The molecule has 0 bridgehead atoms. The van der Waals surface area contributed by atoms with Gasteiger partial charge in [0.05, 0.1) is 16.0 Å². The molecule has 1 saturated carbocycles. The second-order valence-corrected chi connectivity index (χ2v) is 8.47. The highest BCUT2D eigenvalue weighted by Gasteiger charge is 2.48. The maximum absolute atomic E-state index is 12.5. The summed E-state index contributed by atoms with van der Waals surface area (Å²) in [5.41, 5.74) is -0.707. The summed E-state index contributed by atoms with van der Waals surface area (Å²) in [5.74, 6) is 0.422. The van der Waals surface area contributed by atoms with Crippen molar-refractivity contribution < 1.29 is 14.3 Å². The van der Waals surface area contributed by atoms with Gasteiger partial charge in [0, 0.05) is 31.8 Å². The van der Waals surface area contributed by atoms with Crippen LogP contribution in [0.4, 0.5) is 0 Å². The van der Waals surface area contributed by atoms with Crippen LogP contribution in [-0.4, -0.2) is 33.4 Å². The lowest BCUT2D eigenvalue weighted by atomic mass is 9.90. The molecule has 0 aromatic carbocycles. The lowest BCUT2D eigenvalue weighted by Gasteiger charge is -2.34. The Morgan fingerprint density at radius 1 is 1.16 bits per heavy atom. The minimum Gasteiger partial charge on any atom is -0.489 e. The van der Waals surface area contributed by atoms with E-state index in [1.807, 2.05) is 13.8 Å². The summed E-state index contributed by atoms with van der Waals surface area (Å²) in [7, 11) is 1.69. The summed E-state index contributed by atoms with van der Waals surface area (Å²) >= 11 is 3.42. The number of ether oxygens (including phenoxy) is 1. The van der Waals surface area contributed by atoms with Gasteiger partial charge in [0.15, 0.2) is 0 Å². The molecule has 1 aromatic heterocycles. The van der Waals surface area contributed by atoms with E-state index in [9.17, 15) is 14.4 Å². The van der Waals surface area contributed by atoms with Crippen molar-refractivity contribution in [2.24, 2.45) is 12.5 Å². The van der Waals surface area contributed by atoms with E-state index in [1.165, 1.54) is 15.5 Å². The average Bonchev–Trinajstić information content (AvgIpc) is 2.74. The number of hydrogen-bond donors (Lipinski definition) is 0. The normalized spacial score (nSPS) is 26.2. The zero-order chi connectivity index (χ0) is 18.4. The van der Waals surface area contributed by atoms with Gasteiger partial charge in [-0.3, -0.25) is 19.3 Å². The Balaban J connectivity index is 1.63. The summed E-state index contributed by atoms with van der Waals surface area (Å²) in [6, 6.07) is 1.44. The van der Waals surface area contributed by atoms with E-state index in [0.717, 1.165) is 30.2 Å². The number of carbonyl (C=O) groups is 2. The predicted molar refractivity (Wildman–Crippen MR) is 96.3 cm³/mol. The third kappa shape index (κ3) is 3.52. The molecule has 0 atom stereocenters. The van der Waals surface area contributed by atoms with E-state index < -0.39 is 5.41 Å². The van der Waals surface area contributed by atoms with Gasteiger partial charge in [-0.05, 0) is 41.6 Å². The standard InChI is InChI=1S/C18H23BrN2O4/c1-18(2)9-16(23)21(17(18)24)11-4-6-12(7-5-11)25-14-8-15(22)20(3)10-13(14)19/h8,10-12H,4-7,9H2,1-3H3. The van der Waals surface area contributed by atoms with Crippen LogP contribution in [0.1, 0.15) is 46.0 Å². The Kier molecular flexibility index (Phi) is 4.79. The fraction of sp³-hybridized carbons (Fsp3) is 0.611. The minimum absolute atomic E-state index is 0.0135. The first-order valence-corrected chi connectivity index (χ1v) is 9.37. The largest absolute Gasteiger partial charge is 0.489 e. The zero-order valence-electron chi connectivity index (χ0n) is 14.8. The zero-order valence-corrected chi connectivity index (χ0v) is 16.3. The van der Waals surface area contributed by atoms with Gasteiger partial charge in [0.25, 0.3) is 5.56 Å². The van der Waals surface area contributed by atoms with E-state index >= 15 is 0 Å². The number of hydrogen-bond acceptors (Lipinski definition) is 4. The van der Waals surface area contributed by atoms with E-state index in [-0.39, 0.29) is 29.5 Å². The van der Waals surface area contributed by atoms with Crippen LogP contribution >= 0.6 is 15.9 Å².